The van der Waals surface area contributed by atoms with E-state index in [9.17, 15) is 18.0 Å². The van der Waals surface area contributed by atoms with Crippen LogP contribution >= 0.6 is 0 Å². The summed E-state index contributed by atoms with van der Waals surface area (Å²) in [6.07, 6.45) is -3.25. The van der Waals surface area contributed by atoms with Crippen LogP contribution in [-0.2, 0) is 11.0 Å². The minimum atomic E-state index is -4.40. The van der Waals surface area contributed by atoms with Crippen LogP contribution in [0.25, 0.3) is 0 Å². The quantitative estimate of drug-likeness (QED) is 0.664. The third-order valence-corrected chi connectivity index (χ3v) is 2.45. The summed E-state index contributed by atoms with van der Waals surface area (Å²) in [7, 11) is 0. The zero-order valence-corrected chi connectivity index (χ0v) is 12.4. The van der Waals surface area contributed by atoms with Gasteiger partial charge in [-0.3, -0.25) is 4.79 Å². The second kappa shape index (κ2) is 6.52. The van der Waals surface area contributed by atoms with Crippen molar-refractivity contribution in [2.24, 2.45) is 0 Å². The molecule has 0 fully saturated rings. The molecule has 0 bridgehead atoms. The van der Waals surface area contributed by atoms with E-state index in [0.29, 0.717) is 5.69 Å². The number of halogens is 3. The first-order chi connectivity index (χ1) is 10.0. The number of nitrogens with one attached hydrogen (secondary N) is 2. The molecule has 1 aromatic rings. The predicted molar refractivity (Wildman–Crippen MR) is 76.7 cm³/mol. The molecule has 1 aromatic carbocycles. The second-order valence-electron chi connectivity index (χ2n) is 5.59. The van der Waals surface area contributed by atoms with E-state index in [-0.39, 0.29) is 5.57 Å². The summed E-state index contributed by atoms with van der Waals surface area (Å²) < 4.78 is 37.3. The molecule has 0 saturated carbocycles. The molecule has 1 amide bonds. The van der Waals surface area contributed by atoms with E-state index in [1.807, 2.05) is 0 Å². The Balaban J connectivity index is 2.81. The maximum absolute atomic E-state index is 12.4. The number of hydrogen-bond donors (Lipinski definition) is 2. The van der Waals surface area contributed by atoms with Crippen LogP contribution in [0.5, 0.6) is 0 Å². The van der Waals surface area contributed by atoms with Gasteiger partial charge in [0.15, 0.2) is 0 Å². The number of nitrogens with zero attached hydrogens (tertiary/aromatic N) is 1. The average Bonchev–Trinajstić information content (AvgIpc) is 2.37. The molecule has 0 radical (unpaired) electrons. The third kappa shape index (κ3) is 5.48. The van der Waals surface area contributed by atoms with Crippen molar-refractivity contribution in [1.29, 1.82) is 5.26 Å². The number of alkyl halides is 3. The molecular formula is C15H16F3N3O. The third-order valence-electron chi connectivity index (χ3n) is 2.45. The molecule has 118 valence electrons. The van der Waals surface area contributed by atoms with Gasteiger partial charge in [0.25, 0.3) is 5.91 Å². The normalized spacial score (nSPS) is 12.5. The number of carbonyl (C=O) groups is 1. The lowest BCUT2D eigenvalue weighted by molar-refractivity contribution is -0.137. The Morgan fingerprint density at radius 3 is 2.14 bits per heavy atom. The van der Waals surface area contributed by atoms with Crippen molar-refractivity contribution in [3.63, 3.8) is 0 Å². The van der Waals surface area contributed by atoms with Crippen molar-refractivity contribution in [3.05, 3.63) is 41.6 Å². The van der Waals surface area contributed by atoms with Crippen LogP contribution in [0.3, 0.4) is 0 Å². The van der Waals surface area contributed by atoms with Crippen molar-refractivity contribution in [2.45, 2.75) is 32.5 Å². The number of nitriles is 1. The summed E-state index contributed by atoms with van der Waals surface area (Å²) in [4.78, 5) is 11.8. The number of carbonyl (C=O) groups excluding carboxylic acids is 1. The number of benzene rings is 1. The molecule has 0 spiro atoms. The lowest BCUT2D eigenvalue weighted by Crippen LogP contribution is -2.41. The highest BCUT2D eigenvalue weighted by atomic mass is 19.4. The van der Waals surface area contributed by atoms with Crippen LogP contribution in [0.15, 0.2) is 36.0 Å². The van der Waals surface area contributed by atoms with E-state index in [1.165, 1.54) is 12.1 Å². The summed E-state index contributed by atoms with van der Waals surface area (Å²) in [6, 6.07) is 6.00. The molecule has 0 aromatic heterocycles. The zero-order chi connectivity index (χ0) is 17.0. The van der Waals surface area contributed by atoms with Gasteiger partial charge in [-0.05, 0) is 45.0 Å². The number of rotatable bonds is 3. The summed E-state index contributed by atoms with van der Waals surface area (Å²) >= 11 is 0. The molecule has 1 rings (SSSR count). The van der Waals surface area contributed by atoms with Crippen molar-refractivity contribution in [1.82, 2.24) is 5.32 Å². The zero-order valence-electron chi connectivity index (χ0n) is 12.4. The van der Waals surface area contributed by atoms with E-state index in [4.69, 9.17) is 5.26 Å². The minimum Gasteiger partial charge on any atom is -0.360 e. The van der Waals surface area contributed by atoms with Crippen molar-refractivity contribution in [2.75, 3.05) is 5.32 Å². The van der Waals surface area contributed by atoms with E-state index in [0.717, 1.165) is 18.3 Å². The second-order valence-corrected chi connectivity index (χ2v) is 5.59. The van der Waals surface area contributed by atoms with Crippen molar-refractivity contribution in [3.8, 4) is 6.07 Å². The minimum absolute atomic E-state index is 0.171. The Labute approximate surface area is 126 Å². The molecule has 0 heterocycles. The van der Waals surface area contributed by atoms with Gasteiger partial charge in [0.2, 0.25) is 0 Å². The number of hydrogen-bond acceptors (Lipinski definition) is 3. The monoisotopic (exact) mass is 311 g/mol. The van der Waals surface area contributed by atoms with Gasteiger partial charge in [-0.25, -0.2) is 0 Å². The van der Waals surface area contributed by atoms with Gasteiger partial charge in [-0.2, -0.15) is 18.4 Å². The molecular weight excluding hydrogens is 295 g/mol. The SMILES string of the molecule is CC(C)(C)NC(=O)/C(C#N)=C\Nc1ccc(C(F)(F)F)cc1. The molecule has 7 heteroatoms. The lowest BCUT2D eigenvalue weighted by Gasteiger charge is -2.20. The number of anilines is 1. The fraction of sp³-hybridized carbons (Fsp3) is 0.333. The maximum Gasteiger partial charge on any atom is 0.416 e. The molecule has 0 unspecified atom stereocenters. The standard InChI is InChI=1S/C15H16F3N3O/c1-14(2,3)21-13(22)10(8-19)9-20-12-6-4-11(5-7-12)15(16,17)18/h4-7,9,20H,1-3H3,(H,21,22)/b10-9-. The van der Waals surface area contributed by atoms with Crippen LogP contribution in [-0.4, -0.2) is 11.4 Å². The summed E-state index contributed by atoms with van der Waals surface area (Å²) in [5.74, 6) is -0.561. The van der Waals surface area contributed by atoms with Crippen LogP contribution < -0.4 is 10.6 Å². The lowest BCUT2D eigenvalue weighted by atomic mass is 10.1. The van der Waals surface area contributed by atoms with E-state index >= 15 is 0 Å². The molecule has 0 aliphatic carbocycles. The highest BCUT2D eigenvalue weighted by Crippen LogP contribution is 2.29. The molecule has 0 atom stereocenters. The topological polar surface area (TPSA) is 64.9 Å². The first-order valence-electron chi connectivity index (χ1n) is 6.39. The largest absolute Gasteiger partial charge is 0.416 e. The summed E-state index contributed by atoms with van der Waals surface area (Å²) in [6.45, 7) is 5.30. The van der Waals surface area contributed by atoms with Gasteiger partial charge in [0.1, 0.15) is 11.6 Å². The maximum atomic E-state index is 12.4. The van der Waals surface area contributed by atoms with Crippen molar-refractivity contribution < 1.29 is 18.0 Å². The average molecular weight is 311 g/mol. The highest BCUT2D eigenvalue weighted by Gasteiger charge is 2.29. The van der Waals surface area contributed by atoms with Gasteiger partial charge in [0, 0.05) is 17.4 Å². The van der Waals surface area contributed by atoms with Crippen LogP contribution in [0.2, 0.25) is 0 Å². The van der Waals surface area contributed by atoms with Crippen LogP contribution in [0.4, 0.5) is 18.9 Å². The Bertz CT molecular complexity index is 605. The predicted octanol–water partition coefficient (Wildman–Crippen LogP) is 3.44. The Morgan fingerprint density at radius 2 is 1.73 bits per heavy atom. The first kappa shape index (κ1) is 17.6. The van der Waals surface area contributed by atoms with Gasteiger partial charge < -0.3 is 10.6 Å². The Kier molecular flexibility index (Phi) is 5.20. The molecule has 0 saturated heterocycles. The fourth-order valence-electron chi connectivity index (χ4n) is 1.47. The van der Waals surface area contributed by atoms with Crippen LogP contribution in [0, 0.1) is 11.3 Å². The van der Waals surface area contributed by atoms with Crippen LogP contribution in [0.1, 0.15) is 26.3 Å². The van der Waals surface area contributed by atoms with E-state index < -0.39 is 23.2 Å². The van der Waals surface area contributed by atoms with Gasteiger partial charge in [0.05, 0.1) is 5.56 Å². The molecule has 22 heavy (non-hydrogen) atoms. The first-order valence-corrected chi connectivity index (χ1v) is 6.39. The van der Waals surface area contributed by atoms with E-state index in [2.05, 4.69) is 10.6 Å². The summed E-state index contributed by atoms with van der Waals surface area (Å²) in [5, 5.41) is 14.2. The number of amides is 1. The van der Waals surface area contributed by atoms with E-state index in [1.54, 1.807) is 26.8 Å². The molecule has 0 aliphatic rings. The van der Waals surface area contributed by atoms with Gasteiger partial charge in [-0.15, -0.1) is 0 Å². The molecule has 2 N–H and O–H groups in total. The summed E-state index contributed by atoms with van der Waals surface area (Å²) in [5.41, 5.74) is -1.10. The Morgan fingerprint density at radius 1 is 1.18 bits per heavy atom. The highest BCUT2D eigenvalue weighted by molar-refractivity contribution is 5.97. The van der Waals surface area contributed by atoms with Gasteiger partial charge in [-0.1, -0.05) is 0 Å². The van der Waals surface area contributed by atoms with Gasteiger partial charge >= 0.3 is 6.18 Å². The molecule has 0 aliphatic heterocycles. The van der Waals surface area contributed by atoms with Crippen molar-refractivity contribution >= 4 is 11.6 Å². The molecule has 4 nitrogen and oxygen atoms in total. The smallest absolute Gasteiger partial charge is 0.360 e. The Hall–Kier alpha value is -2.49. The fourth-order valence-corrected chi connectivity index (χ4v) is 1.47.